The Morgan fingerprint density at radius 2 is 1.90 bits per heavy atom. The maximum Gasteiger partial charge on any atom is 0.258 e. The summed E-state index contributed by atoms with van der Waals surface area (Å²) in [6.07, 6.45) is 1.28. The van der Waals surface area contributed by atoms with Gasteiger partial charge in [0.2, 0.25) is 11.8 Å². The summed E-state index contributed by atoms with van der Waals surface area (Å²) in [5, 5.41) is 6.39. The number of anilines is 1. The lowest BCUT2D eigenvalue weighted by Gasteiger charge is -2.12. The van der Waals surface area contributed by atoms with E-state index in [4.69, 9.17) is 32.7 Å². The van der Waals surface area contributed by atoms with Gasteiger partial charge in [-0.2, -0.15) is 0 Å². The predicted octanol–water partition coefficient (Wildman–Crippen LogP) is 3.39. The molecule has 1 aromatic heterocycles. The summed E-state index contributed by atoms with van der Waals surface area (Å²) >= 11 is 12.1. The van der Waals surface area contributed by atoms with E-state index in [-0.39, 0.29) is 19.0 Å². The highest BCUT2D eigenvalue weighted by Crippen LogP contribution is 2.30. The summed E-state index contributed by atoms with van der Waals surface area (Å²) < 4.78 is 10.7. The first-order valence-electron chi connectivity index (χ1n) is 8.81. The van der Waals surface area contributed by atoms with Gasteiger partial charge in [-0.3, -0.25) is 9.59 Å². The quantitative estimate of drug-likeness (QED) is 0.574. The third kappa shape index (κ3) is 5.28. The fraction of sp³-hybridized carbons (Fsp3) is 0.200. The van der Waals surface area contributed by atoms with Crippen LogP contribution >= 0.6 is 23.2 Å². The first-order valence-corrected chi connectivity index (χ1v) is 9.56. The minimum absolute atomic E-state index is 0.161. The number of amides is 2. The normalized spacial score (nSPS) is 10.5. The first kappa shape index (κ1) is 21.6. The number of ether oxygens (including phenoxy) is 2. The topological polar surface area (TPSA) is 102 Å². The van der Waals surface area contributed by atoms with Crippen molar-refractivity contribution < 1.29 is 19.1 Å². The summed E-state index contributed by atoms with van der Waals surface area (Å²) in [5.41, 5.74) is 1.94. The third-order valence-corrected chi connectivity index (χ3v) is 4.54. The van der Waals surface area contributed by atoms with E-state index in [9.17, 15) is 9.59 Å². The third-order valence-electron chi connectivity index (χ3n) is 4.04. The predicted molar refractivity (Wildman–Crippen MR) is 114 cm³/mol. The Bertz CT molecular complexity index is 1110. The Morgan fingerprint density at radius 1 is 1.10 bits per heavy atom. The highest BCUT2D eigenvalue weighted by molar-refractivity contribution is 6.38. The van der Waals surface area contributed by atoms with Crippen LogP contribution in [0.25, 0.3) is 10.9 Å². The Labute approximate surface area is 182 Å². The number of methoxy groups -OCH3 is 1. The molecule has 0 aliphatic carbocycles. The first-order chi connectivity index (χ1) is 14.4. The maximum absolute atomic E-state index is 12.1. The van der Waals surface area contributed by atoms with Crippen molar-refractivity contribution >= 4 is 51.6 Å². The van der Waals surface area contributed by atoms with Gasteiger partial charge in [0, 0.05) is 5.02 Å². The standard InChI is InChI=1S/C20H18Cl2N4O4/c1-11-3-4-16(29-2)15(5-11)26-17(27)8-23-18(28)9-30-20-13-6-12(21)7-14(22)19(13)24-10-25-20/h3-7,10H,8-9H2,1-2H3,(H,23,28)(H,26,27). The van der Waals surface area contributed by atoms with Crippen LogP contribution in [0, 0.1) is 6.92 Å². The Hall–Kier alpha value is -3.10. The Morgan fingerprint density at radius 3 is 2.67 bits per heavy atom. The fourth-order valence-electron chi connectivity index (χ4n) is 2.66. The van der Waals surface area contributed by atoms with Crippen molar-refractivity contribution in [3.63, 3.8) is 0 Å². The number of carbonyl (C=O) groups excluding carboxylic acids is 2. The zero-order chi connectivity index (χ0) is 21.7. The van der Waals surface area contributed by atoms with E-state index in [1.54, 1.807) is 24.3 Å². The van der Waals surface area contributed by atoms with Crippen LogP contribution in [0.5, 0.6) is 11.6 Å². The lowest BCUT2D eigenvalue weighted by atomic mass is 10.2. The molecule has 30 heavy (non-hydrogen) atoms. The van der Waals surface area contributed by atoms with Crippen LogP contribution in [0.1, 0.15) is 5.56 Å². The van der Waals surface area contributed by atoms with E-state index in [0.717, 1.165) is 5.56 Å². The zero-order valence-electron chi connectivity index (χ0n) is 16.2. The van der Waals surface area contributed by atoms with Crippen LogP contribution in [-0.2, 0) is 9.59 Å². The molecule has 2 N–H and O–H groups in total. The number of carbonyl (C=O) groups is 2. The Balaban J connectivity index is 1.56. The second-order valence-electron chi connectivity index (χ2n) is 6.28. The van der Waals surface area contributed by atoms with Crippen LogP contribution < -0.4 is 20.1 Å². The molecule has 0 aliphatic rings. The van der Waals surface area contributed by atoms with Crippen LogP contribution in [0.2, 0.25) is 10.0 Å². The summed E-state index contributed by atoms with van der Waals surface area (Å²) in [5.74, 6) is -0.218. The molecule has 2 aromatic carbocycles. The molecule has 8 nitrogen and oxygen atoms in total. The fourth-order valence-corrected chi connectivity index (χ4v) is 3.20. The summed E-state index contributed by atoms with van der Waals surface area (Å²) in [6, 6.07) is 8.54. The molecule has 2 amide bonds. The number of benzene rings is 2. The number of fused-ring (bicyclic) bond motifs is 1. The number of hydrogen-bond donors (Lipinski definition) is 2. The van der Waals surface area contributed by atoms with Crippen molar-refractivity contribution in [1.82, 2.24) is 15.3 Å². The van der Waals surface area contributed by atoms with Crippen molar-refractivity contribution in [3.05, 3.63) is 52.3 Å². The van der Waals surface area contributed by atoms with E-state index in [0.29, 0.717) is 32.4 Å². The van der Waals surface area contributed by atoms with E-state index in [1.807, 2.05) is 13.0 Å². The molecule has 3 aromatic rings. The van der Waals surface area contributed by atoms with Gasteiger partial charge in [0.05, 0.1) is 35.3 Å². The van der Waals surface area contributed by atoms with Crippen molar-refractivity contribution in [1.29, 1.82) is 0 Å². The second kappa shape index (κ2) is 9.60. The lowest BCUT2D eigenvalue weighted by Crippen LogP contribution is -2.35. The molecule has 0 atom stereocenters. The average molecular weight is 449 g/mol. The minimum atomic E-state index is -0.499. The molecule has 0 saturated carbocycles. The summed E-state index contributed by atoms with van der Waals surface area (Å²) in [7, 11) is 1.51. The molecule has 0 unspecified atom stereocenters. The number of hydrogen-bond acceptors (Lipinski definition) is 6. The van der Waals surface area contributed by atoms with Crippen LogP contribution in [0.15, 0.2) is 36.7 Å². The molecular formula is C20H18Cl2N4O4. The van der Waals surface area contributed by atoms with Gasteiger partial charge in [0.25, 0.3) is 5.91 Å². The molecule has 0 fully saturated rings. The summed E-state index contributed by atoms with van der Waals surface area (Å²) in [6.45, 7) is 1.31. The highest BCUT2D eigenvalue weighted by atomic mass is 35.5. The SMILES string of the molecule is COc1ccc(C)cc1NC(=O)CNC(=O)COc1ncnc2c(Cl)cc(Cl)cc12. The van der Waals surface area contributed by atoms with Crippen LogP contribution in [0.4, 0.5) is 5.69 Å². The molecule has 10 heteroatoms. The number of aromatic nitrogens is 2. The van der Waals surface area contributed by atoms with E-state index in [2.05, 4.69) is 20.6 Å². The van der Waals surface area contributed by atoms with Gasteiger partial charge in [-0.1, -0.05) is 29.3 Å². The van der Waals surface area contributed by atoms with Gasteiger partial charge >= 0.3 is 0 Å². The zero-order valence-corrected chi connectivity index (χ0v) is 17.7. The summed E-state index contributed by atoms with van der Waals surface area (Å²) in [4.78, 5) is 32.3. The Kier molecular flexibility index (Phi) is 6.91. The number of halogens is 2. The van der Waals surface area contributed by atoms with Gasteiger partial charge in [-0.15, -0.1) is 0 Å². The van der Waals surface area contributed by atoms with Gasteiger partial charge in [0.15, 0.2) is 6.61 Å². The van der Waals surface area contributed by atoms with Crippen molar-refractivity contribution in [2.75, 3.05) is 25.6 Å². The van der Waals surface area contributed by atoms with Crippen molar-refractivity contribution in [3.8, 4) is 11.6 Å². The highest BCUT2D eigenvalue weighted by Gasteiger charge is 2.13. The van der Waals surface area contributed by atoms with Gasteiger partial charge in [0.1, 0.15) is 12.1 Å². The largest absolute Gasteiger partial charge is 0.495 e. The van der Waals surface area contributed by atoms with E-state index >= 15 is 0 Å². The van der Waals surface area contributed by atoms with E-state index in [1.165, 1.54) is 13.4 Å². The van der Waals surface area contributed by atoms with Crippen LogP contribution in [0.3, 0.4) is 0 Å². The average Bonchev–Trinajstić information content (AvgIpc) is 2.71. The lowest BCUT2D eigenvalue weighted by molar-refractivity contribution is -0.125. The van der Waals surface area contributed by atoms with Gasteiger partial charge in [-0.05, 0) is 36.8 Å². The number of nitrogens with zero attached hydrogens (tertiary/aromatic N) is 2. The van der Waals surface area contributed by atoms with Gasteiger partial charge in [-0.25, -0.2) is 9.97 Å². The number of aryl methyl sites for hydroxylation is 1. The van der Waals surface area contributed by atoms with Crippen molar-refractivity contribution in [2.24, 2.45) is 0 Å². The minimum Gasteiger partial charge on any atom is -0.495 e. The van der Waals surface area contributed by atoms with Gasteiger partial charge < -0.3 is 20.1 Å². The molecule has 0 spiro atoms. The second-order valence-corrected chi connectivity index (χ2v) is 7.12. The molecule has 0 aliphatic heterocycles. The van der Waals surface area contributed by atoms with Crippen molar-refractivity contribution in [2.45, 2.75) is 6.92 Å². The molecule has 0 saturated heterocycles. The maximum atomic E-state index is 12.1. The smallest absolute Gasteiger partial charge is 0.258 e. The molecular weight excluding hydrogens is 431 g/mol. The number of rotatable bonds is 7. The van der Waals surface area contributed by atoms with Crippen LogP contribution in [-0.4, -0.2) is 42.0 Å². The molecule has 1 heterocycles. The monoisotopic (exact) mass is 448 g/mol. The molecule has 156 valence electrons. The molecule has 0 radical (unpaired) electrons. The molecule has 0 bridgehead atoms. The van der Waals surface area contributed by atoms with E-state index < -0.39 is 11.8 Å². The number of nitrogens with one attached hydrogen (secondary N) is 2. The molecule has 3 rings (SSSR count).